The van der Waals surface area contributed by atoms with Gasteiger partial charge in [0.15, 0.2) is 0 Å². The van der Waals surface area contributed by atoms with Crippen LogP contribution in [0.1, 0.15) is 0 Å². The Labute approximate surface area is 150 Å². The zero-order valence-electron chi connectivity index (χ0n) is 10.7. The van der Waals surface area contributed by atoms with Crippen LogP contribution >= 0.6 is 66.5 Å². The number of thiol groups is 1. The normalized spacial score (nSPS) is 10.7. The first-order valence-corrected chi connectivity index (χ1v) is 11.7. The van der Waals surface area contributed by atoms with Crippen LogP contribution in [0.3, 0.4) is 0 Å². The average molecular weight is 452 g/mol. The molecule has 0 fully saturated rings. The summed E-state index contributed by atoms with van der Waals surface area (Å²) < 4.78 is 2.29. The van der Waals surface area contributed by atoms with Gasteiger partial charge < -0.3 is 0 Å². The van der Waals surface area contributed by atoms with Crippen molar-refractivity contribution in [3.8, 4) is 0 Å². The molecule has 0 amide bonds. The van der Waals surface area contributed by atoms with Gasteiger partial charge in [-0.3, -0.25) is 4.72 Å². The van der Waals surface area contributed by atoms with Crippen LogP contribution in [0, 0.1) is 0 Å². The molecule has 0 aliphatic carbocycles. The lowest BCUT2D eigenvalue weighted by atomic mass is 10.4. The Balaban J connectivity index is 1.73. The van der Waals surface area contributed by atoms with Crippen molar-refractivity contribution in [3.63, 3.8) is 0 Å². The number of hydrogen-bond donors (Lipinski definition) is 2. The summed E-state index contributed by atoms with van der Waals surface area (Å²) in [5.41, 5.74) is 0. The number of benzene rings is 2. The highest BCUT2D eigenvalue weighted by Crippen LogP contribution is 2.32. The van der Waals surface area contributed by atoms with E-state index >= 15 is 0 Å². The van der Waals surface area contributed by atoms with Gasteiger partial charge in [-0.05, 0) is 24.3 Å². The molecule has 0 radical (unpaired) electrons. The second kappa shape index (κ2) is 9.53. The molecule has 0 aromatic heterocycles. The molecule has 0 unspecified atom stereocenters. The van der Waals surface area contributed by atoms with Crippen molar-refractivity contribution < 1.29 is 4.72 Å². The van der Waals surface area contributed by atoms with E-state index in [0.717, 1.165) is 17.2 Å². The fraction of sp³-hybridized carbons (Fsp3) is 0.143. The van der Waals surface area contributed by atoms with Gasteiger partial charge in [-0.2, -0.15) is 0 Å². The van der Waals surface area contributed by atoms with Crippen LogP contribution in [0.15, 0.2) is 68.1 Å². The second-order valence-electron chi connectivity index (χ2n) is 3.91. The molecule has 106 valence electrons. The molecule has 0 heterocycles. The average Bonchev–Trinajstić information content (AvgIpc) is 2.49. The van der Waals surface area contributed by atoms with E-state index in [-0.39, 0.29) is 0 Å². The summed E-state index contributed by atoms with van der Waals surface area (Å²) in [7, 11) is 1.77. The molecule has 6 heteroatoms. The van der Waals surface area contributed by atoms with Crippen molar-refractivity contribution in [2.24, 2.45) is 0 Å². The molecule has 0 bridgehead atoms. The molecule has 0 atom stereocenters. The summed E-state index contributed by atoms with van der Waals surface area (Å²) in [4.78, 5) is 5.00. The lowest BCUT2D eigenvalue weighted by Gasteiger charge is -2.05. The van der Waals surface area contributed by atoms with Crippen LogP contribution in [0.5, 0.6) is 0 Å². The van der Waals surface area contributed by atoms with Crippen LogP contribution in [-0.2, 0) is 0 Å². The topological polar surface area (TPSA) is 16.6 Å². The summed E-state index contributed by atoms with van der Waals surface area (Å²) in [5, 5.41) is 0. The monoisotopic (exact) mass is 452 g/mol. The van der Waals surface area contributed by atoms with Crippen LogP contribution in [0.25, 0.3) is 0 Å². The van der Waals surface area contributed by atoms with Crippen LogP contribution in [0.4, 0.5) is 0 Å². The minimum Gasteiger partial charge on any atom is -0.279 e. The van der Waals surface area contributed by atoms with Gasteiger partial charge in [-0.1, -0.05) is 33.2 Å². The van der Waals surface area contributed by atoms with E-state index in [2.05, 4.69) is 75.0 Å². The molecule has 2 rings (SSSR count). The van der Waals surface area contributed by atoms with Gasteiger partial charge in [0.2, 0.25) is 0 Å². The molecular formula is C14H15INS4+. The molecule has 2 aromatic rings. The largest absolute Gasteiger partial charge is 0.279 e. The zero-order valence-corrected chi connectivity index (χ0v) is 16.2. The molecule has 0 aliphatic heterocycles. The first-order chi connectivity index (χ1) is 9.81. The van der Waals surface area contributed by atoms with Crippen LogP contribution in [0.2, 0.25) is 0 Å². The molecule has 0 saturated carbocycles. The summed E-state index contributed by atoms with van der Waals surface area (Å²) in [6.07, 6.45) is 0. The number of thioether (sulfide) groups is 1. The van der Waals surface area contributed by atoms with E-state index in [9.17, 15) is 0 Å². The summed E-state index contributed by atoms with van der Waals surface area (Å²) in [5.74, 6) is 1.09. The lowest BCUT2D eigenvalue weighted by molar-refractivity contribution is -0.474. The molecule has 0 aliphatic rings. The predicted molar refractivity (Wildman–Crippen MR) is 103 cm³/mol. The fourth-order valence-corrected chi connectivity index (χ4v) is 5.81. The number of quaternary nitrogens is 1. The predicted octanol–water partition coefficient (Wildman–Crippen LogP) is 4.78. The van der Waals surface area contributed by atoms with Gasteiger partial charge in [-0.15, -0.1) is 24.4 Å². The zero-order chi connectivity index (χ0) is 14.2. The molecule has 20 heavy (non-hydrogen) atoms. The standard InChI is InChI=1S/C14H14INS4/c15-19-13-7-3-4-8-14(13)20-16-9-10-18-12-6-2-1-5-11(12)17/h1-8,16-17H,9-10H2/p+1. The number of rotatable bonds is 7. The third kappa shape index (κ3) is 5.38. The third-order valence-electron chi connectivity index (χ3n) is 2.50. The van der Waals surface area contributed by atoms with Crippen molar-refractivity contribution in [1.29, 1.82) is 0 Å². The van der Waals surface area contributed by atoms with E-state index < -0.39 is 0 Å². The molecule has 1 nitrogen and oxygen atoms in total. The number of hydrogen-bond acceptors (Lipinski definition) is 4. The first kappa shape index (κ1) is 16.9. The maximum absolute atomic E-state index is 4.47. The van der Waals surface area contributed by atoms with Crippen LogP contribution < -0.4 is 4.72 Å². The Morgan fingerprint density at radius 2 is 1.60 bits per heavy atom. The highest BCUT2D eigenvalue weighted by Gasteiger charge is 2.05. The first-order valence-electron chi connectivity index (χ1n) is 6.08. The van der Waals surface area contributed by atoms with Gasteiger partial charge >= 0.3 is 0 Å². The minimum absolute atomic E-state index is 1.07. The Morgan fingerprint density at radius 1 is 0.950 bits per heavy atom. The Kier molecular flexibility index (Phi) is 8.05. The molecule has 0 spiro atoms. The van der Waals surface area contributed by atoms with Crippen LogP contribution in [-0.4, -0.2) is 12.3 Å². The SMILES string of the molecule is Sc1ccccc1SCC[NH2+]Sc1ccccc1SI. The van der Waals surface area contributed by atoms with E-state index in [1.807, 2.05) is 35.8 Å². The van der Waals surface area contributed by atoms with Crippen molar-refractivity contribution in [3.05, 3.63) is 48.5 Å². The highest BCUT2D eigenvalue weighted by molar-refractivity contribution is 14.2. The van der Waals surface area contributed by atoms with E-state index in [0.29, 0.717) is 0 Å². The second-order valence-corrected chi connectivity index (χ2v) is 8.46. The van der Waals surface area contributed by atoms with E-state index in [1.165, 1.54) is 14.7 Å². The van der Waals surface area contributed by atoms with Gasteiger partial charge in [0.05, 0.1) is 11.4 Å². The number of nitrogens with two attached hydrogens (primary N) is 1. The summed E-state index contributed by atoms with van der Waals surface area (Å²) in [6, 6.07) is 16.8. The Bertz CT molecular complexity index is 550. The minimum atomic E-state index is 1.07. The molecule has 0 saturated heterocycles. The van der Waals surface area contributed by atoms with Crippen molar-refractivity contribution in [1.82, 2.24) is 0 Å². The van der Waals surface area contributed by atoms with Crippen molar-refractivity contribution >= 4 is 66.5 Å². The maximum Gasteiger partial charge on any atom is 0.110 e. The third-order valence-corrected chi connectivity index (χ3v) is 7.24. The quantitative estimate of drug-likeness (QED) is 0.207. The molecule has 2 aromatic carbocycles. The van der Waals surface area contributed by atoms with Gasteiger partial charge in [0.25, 0.3) is 0 Å². The van der Waals surface area contributed by atoms with Gasteiger partial charge in [0, 0.05) is 41.6 Å². The van der Waals surface area contributed by atoms with E-state index in [4.69, 9.17) is 0 Å². The van der Waals surface area contributed by atoms with Gasteiger partial charge in [-0.25, -0.2) is 0 Å². The van der Waals surface area contributed by atoms with Crippen molar-refractivity contribution in [2.75, 3.05) is 12.3 Å². The summed E-state index contributed by atoms with van der Waals surface area (Å²) >= 11 is 10.5. The highest BCUT2D eigenvalue weighted by atomic mass is 127. The molecule has 2 N–H and O–H groups in total. The maximum atomic E-state index is 4.47. The summed E-state index contributed by atoms with van der Waals surface area (Å²) in [6.45, 7) is 1.08. The van der Waals surface area contributed by atoms with Gasteiger partial charge in [0.1, 0.15) is 11.9 Å². The van der Waals surface area contributed by atoms with E-state index in [1.54, 1.807) is 8.93 Å². The number of halogens is 1. The Hall–Kier alpha value is 0.530. The lowest BCUT2D eigenvalue weighted by Crippen LogP contribution is -2.76. The smallest absolute Gasteiger partial charge is 0.110 e. The van der Waals surface area contributed by atoms with Crippen molar-refractivity contribution in [2.45, 2.75) is 19.6 Å². The Morgan fingerprint density at radius 3 is 2.30 bits per heavy atom. The molecular weight excluding hydrogens is 437 g/mol. The fourth-order valence-electron chi connectivity index (χ4n) is 1.56.